The van der Waals surface area contributed by atoms with Crippen molar-refractivity contribution in [2.75, 3.05) is 31.1 Å². The van der Waals surface area contributed by atoms with Gasteiger partial charge in [0.25, 0.3) is 0 Å². The van der Waals surface area contributed by atoms with Gasteiger partial charge in [-0.15, -0.1) is 24.2 Å². The maximum Gasteiger partial charge on any atom is 0.181 e. The molecule has 23 heavy (non-hydrogen) atoms. The molecular weight excluding hydrogens is 346 g/mol. The SMILES string of the molecule is Cc1nc(N)sc1SCCN1CC=C(c2ccccc2)CC1.Cl. The fourth-order valence-electron chi connectivity index (χ4n) is 2.63. The minimum absolute atomic E-state index is 0. The number of aromatic nitrogens is 1. The number of anilines is 1. The molecule has 0 saturated heterocycles. The highest BCUT2D eigenvalue weighted by atomic mass is 35.5. The summed E-state index contributed by atoms with van der Waals surface area (Å²) in [5, 5.41) is 0.674. The molecule has 0 saturated carbocycles. The largest absolute Gasteiger partial charge is 0.375 e. The van der Waals surface area contributed by atoms with Crippen LogP contribution in [0.25, 0.3) is 5.57 Å². The molecule has 1 aromatic heterocycles. The molecule has 3 nitrogen and oxygen atoms in total. The summed E-state index contributed by atoms with van der Waals surface area (Å²) in [5.41, 5.74) is 9.66. The van der Waals surface area contributed by atoms with E-state index in [9.17, 15) is 0 Å². The summed E-state index contributed by atoms with van der Waals surface area (Å²) in [6.07, 6.45) is 3.51. The van der Waals surface area contributed by atoms with Gasteiger partial charge in [0.15, 0.2) is 5.13 Å². The quantitative estimate of drug-likeness (QED) is 0.798. The van der Waals surface area contributed by atoms with E-state index in [1.807, 2.05) is 18.7 Å². The van der Waals surface area contributed by atoms with Crippen LogP contribution in [0.4, 0.5) is 5.13 Å². The first-order valence-electron chi connectivity index (χ1n) is 7.55. The number of aryl methyl sites for hydroxylation is 1. The van der Waals surface area contributed by atoms with Crippen LogP contribution in [-0.2, 0) is 0 Å². The third kappa shape index (κ3) is 4.98. The van der Waals surface area contributed by atoms with Crippen LogP contribution >= 0.6 is 35.5 Å². The van der Waals surface area contributed by atoms with Gasteiger partial charge in [-0.2, -0.15) is 0 Å². The van der Waals surface area contributed by atoms with Crippen LogP contribution in [0, 0.1) is 6.92 Å². The van der Waals surface area contributed by atoms with Crippen LogP contribution < -0.4 is 5.73 Å². The van der Waals surface area contributed by atoms with E-state index in [1.54, 1.807) is 11.3 Å². The van der Waals surface area contributed by atoms with Crippen LogP contribution in [0.1, 0.15) is 17.7 Å². The van der Waals surface area contributed by atoms with Crippen molar-refractivity contribution >= 4 is 46.2 Å². The number of hydrogen-bond donors (Lipinski definition) is 1. The highest BCUT2D eigenvalue weighted by Crippen LogP contribution is 2.30. The summed E-state index contributed by atoms with van der Waals surface area (Å²) in [6.45, 7) is 5.34. The Balaban J connectivity index is 0.00000192. The predicted molar refractivity (Wildman–Crippen MR) is 105 cm³/mol. The lowest BCUT2D eigenvalue weighted by Crippen LogP contribution is -2.30. The topological polar surface area (TPSA) is 42.1 Å². The zero-order valence-corrected chi connectivity index (χ0v) is 15.6. The van der Waals surface area contributed by atoms with Crippen LogP contribution in [0.5, 0.6) is 0 Å². The van der Waals surface area contributed by atoms with Crippen molar-refractivity contribution in [3.8, 4) is 0 Å². The summed E-state index contributed by atoms with van der Waals surface area (Å²) in [7, 11) is 0. The second-order valence-electron chi connectivity index (χ2n) is 5.42. The number of thiazole rings is 1. The standard InChI is InChI=1S/C17H21N3S2.ClH/c1-13-16(22-17(18)19-13)21-12-11-20-9-7-15(8-10-20)14-5-3-2-4-6-14;/h2-7H,8-12H2,1H3,(H2,18,19);1H. The molecule has 3 rings (SSSR count). The summed E-state index contributed by atoms with van der Waals surface area (Å²) in [6, 6.07) is 10.7. The molecule has 124 valence electrons. The minimum Gasteiger partial charge on any atom is -0.375 e. The second kappa shape index (κ2) is 8.73. The highest BCUT2D eigenvalue weighted by Gasteiger charge is 2.13. The van der Waals surface area contributed by atoms with E-state index in [1.165, 1.54) is 15.3 Å². The lowest BCUT2D eigenvalue weighted by molar-refractivity contribution is 0.321. The van der Waals surface area contributed by atoms with Gasteiger partial charge in [0, 0.05) is 25.4 Å². The Morgan fingerprint density at radius 1 is 1.30 bits per heavy atom. The molecule has 0 unspecified atom stereocenters. The van der Waals surface area contributed by atoms with Crippen molar-refractivity contribution in [3.63, 3.8) is 0 Å². The molecule has 1 aliphatic heterocycles. The van der Waals surface area contributed by atoms with E-state index >= 15 is 0 Å². The molecule has 2 aromatic rings. The Morgan fingerprint density at radius 2 is 2.09 bits per heavy atom. The van der Waals surface area contributed by atoms with Crippen molar-refractivity contribution in [2.45, 2.75) is 17.6 Å². The third-order valence-electron chi connectivity index (χ3n) is 3.85. The number of rotatable bonds is 5. The monoisotopic (exact) mass is 367 g/mol. The van der Waals surface area contributed by atoms with Gasteiger partial charge in [-0.3, -0.25) is 4.90 Å². The maximum absolute atomic E-state index is 5.74. The number of nitrogens with two attached hydrogens (primary N) is 1. The summed E-state index contributed by atoms with van der Waals surface area (Å²) < 4.78 is 1.26. The van der Waals surface area contributed by atoms with E-state index < -0.39 is 0 Å². The Kier molecular flexibility index (Phi) is 6.96. The Hall–Kier alpha value is -1.01. The minimum atomic E-state index is 0. The molecular formula is C17H22ClN3S2. The van der Waals surface area contributed by atoms with Crippen LogP contribution in [0.3, 0.4) is 0 Å². The number of nitrogen functional groups attached to an aromatic ring is 1. The maximum atomic E-state index is 5.74. The zero-order valence-electron chi connectivity index (χ0n) is 13.2. The van der Waals surface area contributed by atoms with E-state index in [0.29, 0.717) is 5.13 Å². The molecule has 0 atom stereocenters. The van der Waals surface area contributed by atoms with Crippen molar-refractivity contribution in [1.29, 1.82) is 0 Å². The second-order valence-corrected chi connectivity index (χ2v) is 7.81. The zero-order chi connectivity index (χ0) is 15.4. The Bertz CT molecular complexity index is 655. The lowest BCUT2D eigenvalue weighted by Gasteiger charge is -2.26. The highest BCUT2D eigenvalue weighted by molar-refractivity contribution is 8.01. The molecule has 0 fully saturated rings. The normalized spacial score (nSPS) is 15.1. The average Bonchev–Trinajstić information content (AvgIpc) is 2.87. The summed E-state index contributed by atoms with van der Waals surface area (Å²) in [4.78, 5) is 6.79. The predicted octanol–water partition coefficient (Wildman–Crippen LogP) is 4.34. The molecule has 0 bridgehead atoms. The van der Waals surface area contributed by atoms with Crippen LogP contribution in [0.2, 0.25) is 0 Å². The van der Waals surface area contributed by atoms with E-state index in [-0.39, 0.29) is 12.4 Å². The van der Waals surface area contributed by atoms with Crippen molar-refractivity contribution < 1.29 is 0 Å². The lowest BCUT2D eigenvalue weighted by atomic mass is 10.00. The summed E-state index contributed by atoms with van der Waals surface area (Å²) in [5.74, 6) is 1.09. The first kappa shape index (κ1) is 18.3. The van der Waals surface area contributed by atoms with Crippen LogP contribution in [0.15, 0.2) is 40.6 Å². The van der Waals surface area contributed by atoms with Crippen molar-refractivity contribution in [2.24, 2.45) is 0 Å². The van der Waals surface area contributed by atoms with Gasteiger partial charge in [0.05, 0.1) is 9.90 Å². The molecule has 1 aliphatic rings. The van der Waals surface area contributed by atoms with Crippen LogP contribution in [-0.4, -0.2) is 35.3 Å². The number of hydrogen-bond acceptors (Lipinski definition) is 5. The van der Waals surface area contributed by atoms with E-state index in [0.717, 1.165) is 37.5 Å². The van der Waals surface area contributed by atoms with Gasteiger partial charge in [-0.05, 0) is 24.5 Å². The molecule has 0 spiro atoms. The van der Waals surface area contributed by atoms with Gasteiger partial charge in [0.2, 0.25) is 0 Å². The summed E-state index contributed by atoms with van der Waals surface area (Å²) >= 11 is 3.47. The van der Waals surface area contributed by atoms with Gasteiger partial charge >= 0.3 is 0 Å². The van der Waals surface area contributed by atoms with Gasteiger partial charge in [0.1, 0.15) is 0 Å². The fourth-order valence-corrected chi connectivity index (χ4v) is 4.73. The molecule has 0 aliphatic carbocycles. The molecule has 2 N–H and O–H groups in total. The van der Waals surface area contributed by atoms with Gasteiger partial charge in [-0.1, -0.05) is 47.7 Å². The first-order chi connectivity index (χ1) is 10.7. The molecule has 0 amide bonds. The average molecular weight is 368 g/mol. The smallest absolute Gasteiger partial charge is 0.181 e. The van der Waals surface area contributed by atoms with Gasteiger partial charge in [-0.25, -0.2) is 4.98 Å². The molecule has 6 heteroatoms. The Morgan fingerprint density at radius 3 is 2.70 bits per heavy atom. The number of halogens is 1. The number of thioether (sulfide) groups is 1. The number of nitrogens with zero attached hydrogens (tertiary/aromatic N) is 2. The van der Waals surface area contributed by atoms with Crippen molar-refractivity contribution in [1.82, 2.24) is 9.88 Å². The molecule has 0 radical (unpaired) electrons. The van der Waals surface area contributed by atoms with E-state index in [2.05, 4.69) is 46.3 Å². The van der Waals surface area contributed by atoms with Crippen molar-refractivity contribution in [3.05, 3.63) is 47.7 Å². The fraction of sp³-hybridized carbons (Fsp3) is 0.353. The van der Waals surface area contributed by atoms with Gasteiger partial charge < -0.3 is 5.73 Å². The van der Waals surface area contributed by atoms with E-state index in [4.69, 9.17) is 5.73 Å². The Labute approximate surface area is 152 Å². The number of benzene rings is 1. The third-order valence-corrected chi connectivity index (χ3v) is 6.18. The molecule has 1 aromatic carbocycles. The molecule has 2 heterocycles. The first-order valence-corrected chi connectivity index (χ1v) is 9.35.